The van der Waals surface area contributed by atoms with E-state index in [1.54, 1.807) is 6.26 Å². The number of piperidine rings is 1. The lowest BCUT2D eigenvalue weighted by Crippen LogP contribution is -2.33. The first-order valence-electron chi connectivity index (χ1n) is 10.2. The van der Waals surface area contributed by atoms with Gasteiger partial charge in [0.2, 0.25) is 0 Å². The Bertz CT molecular complexity index is 1170. The van der Waals surface area contributed by atoms with Crippen LogP contribution in [0.3, 0.4) is 0 Å². The van der Waals surface area contributed by atoms with Gasteiger partial charge in [0.05, 0.1) is 18.3 Å². The molecule has 3 aromatic heterocycles. The number of rotatable bonds is 3. The summed E-state index contributed by atoms with van der Waals surface area (Å²) in [5, 5.41) is 10.5. The van der Waals surface area contributed by atoms with Gasteiger partial charge in [-0.25, -0.2) is 4.98 Å². The number of furan rings is 1. The van der Waals surface area contributed by atoms with Crippen LogP contribution in [0.25, 0.3) is 33.4 Å². The maximum Gasteiger partial charge on any atom is 0.183 e. The van der Waals surface area contributed by atoms with E-state index in [1.807, 2.05) is 18.5 Å². The number of fused-ring (bicyclic) bond motifs is 2. The maximum absolute atomic E-state index is 5.49. The Morgan fingerprint density at radius 1 is 1.11 bits per heavy atom. The lowest BCUT2D eigenvalue weighted by atomic mass is 10.0. The zero-order valence-corrected chi connectivity index (χ0v) is 16.0. The molecule has 0 amide bonds. The Morgan fingerprint density at radius 3 is 2.89 bits per heavy atom. The summed E-state index contributed by atoms with van der Waals surface area (Å²) in [4.78, 5) is 7.23. The van der Waals surface area contributed by atoms with E-state index in [0.29, 0.717) is 12.0 Å². The molecule has 1 aliphatic heterocycles. The Labute approximate surface area is 163 Å². The summed E-state index contributed by atoms with van der Waals surface area (Å²) in [5.41, 5.74) is 6.22. The van der Waals surface area contributed by atoms with Crippen LogP contribution in [0.5, 0.6) is 0 Å². The number of nitrogens with zero attached hydrogens (tertiary/aromatic N) is 5. The van der Waals surface area contributed by atoms with Gasteiger partial charge >= 0.3 is 0 Å². The van der Waals surface area contributed by atoms with Crippen LogP contribution in [-0.2, 0) is 0 Å². The van der Waals surface area contributed by atoms with Crippen molar-refractivity contribution < 1.29 is 4.42 Å². The molecule has 2 aliphatic rings. The molecule has 28 heavy (non-hydrogen) atoms. The van der Waals surface area contributed by atoms with Gasteiger partial charge in [0.1, 0.15) is 11.1 Å². The Hall–Kier alpha value is -2.73. The predicted molar refractivity (Wildman–Crippen MR) is 108 cm³/mol. The first-order valence-corrected chi connectivity index (χ1v) is 10.2. The summed E-state index contributed by atoms with van der Waals surface area (Å²) in [6.07, 6.45) is 8.52. The van der Waals surface area contributed by atoms with E-state index >= 15 is 0 Å². The summed E-state index contributed by atoms with van der Waals surface area (Å²) < 4.78 is 7.75. The molecule has 0 bridgehead atoms. The number of imidazole rings is 1. The molecular formula is C22H23N5O. The molecule has 4 heterocycles. The van der Waals surface area contributed by atoms with Crippen molar-refractivity contribution in [2.24, 2.45) is 0 Å². The van der Waals surface area contributed by atoms with E-state index in [0.717, 1.165) is 39.9 Å². The van der Waals surface area contributed by atoms with Gasteiger partial charge in [0.15, 0.2) is 5.65 Å². The van der Waals surface area contributed by atoms with E-state index < -0.39 is 0 Å². The molecule has 0 radical (unpaired) electrons. The maximum atomic E-state index is 5.49. The van der Waals surface area contributed by atoms with E-state index in [2.05, 4.69) is 33.7 Å². The van der Waals surface area contributed by atoms with Gasteiger partial charge < -0.3 is 13.9 Å². The number of aromatic nitrogens is 4. The second kappa shape index (κ2) is 6.14. The first kappa shape index (κ1) is 16.2. The molecule has 4 aromatic rings. The number of hydrogen-bond acceptors (Lipinski definition) is 5. The van der Waals surface area contributed by atoms with Gasteiger partial charge in [0, 0.05) is 29.1 Å². The molecule has 0 spiro atoms. The quantitative estimate of drug-likeness (QED) is 0.533. The minimum atomic E-state index is 0.429. The van der Waals surface area contributed by atoms with E-state index in [4.69, 9.17) is 14.5 Å². The topological polar surface area (TPSA) is 60.0 Å². The van der Waals surface area contributed by atoms with Gasteiger partial charge in [-0.2, -0.15) is 0 Å². The van der Waals surface area contributed by atoms with Crippen LogP contribution in [0.4, 0.5) is 0 Å². The average Bonchev–Trinajstić information content (AvgIpc) is 3.28. The van der Waals surface area contributed by atoms with Crippen LogP contribution >= 0.6 is 0 Å². The van der Waals surface area contributed by atoms with Crippen molar-refractivity contribution in [2.75, 3.05) is 20.1 Å². The first-order chi connectivity index (χ1) is 13.8. The largest absolute Gasteiger partial charge is 0.464 e. The second-order valence-electron chi connectivity index (χ2n) is 8.29. The van der Waals surface area contributed by atoms with Crippen molar-refractivity contribution in [1.29, 1.82) is 0 Å². The van der Waals surface area contributed by atoms with Crippen LogP contribution in [-0.4, -0.2) is 44.8 Å². The number of benzene rings is 1. The minimum absolute atomic E-state index is 0.429. The lowest BCUT2D eigenvalue weighted by Gasteiger charge is -2.30. The second-order valence-corrected chi connectivity index (χ2v) is 8.29. The molecule has 1 saturated carbocycles. The van der Waals surface area contributed by atoms with Crippen molar-refractivity contribution in [3.8, 4) is 11.3 Å². The molecule has 6 heteroatoms. The van der Waals surface area contributed by atoms with E-state index in [-0.39, 0.29) is 0 Å². The molecule has 1 aliphatic carbocycles. The molecule has 1 saturated heterocycles. The van der Waals surface area contributed by atoms with Crippen molar-refractivity contribution in [2.45, 2.75) is 37.6 Å². The molecule has 0 N–H and O–H groups in total. The van der Waals surface area contributed by atoms with Crippen molar-refractivity contribution in [3.05, 3.63) is 42.4 Å². The van der Waals surface area contributed by atoms with Crippen LogP contribution in [0.2, 0.25) is 0 Å². The van der Waals surface area contributed by atoms with Crippen LogP contribution in [0.1, 0.15) is 43.2 Å². The Balaban J connectivity index is 1.50. The fourth-order valence-corrected chi connectivity index (χ4v) is 4.63. The standard InChI is InChI=1S/C22H23N5O/c1-26-9-2-3-17(12-26)27-13-23-21-19(14-4-5-14)20(24-25-22(21)27)16-6-7-18-15(11-16)8-10-28-18/h6-8,10-11,13-14,17H,2-5,9,12H2,1H3/t17-/m1/s1. The van der Waals surface area contributed by atoms with Crippen LogP contribution in [0.15, 0.2) is 41.3 Å². The Kier molecular flexibility index (Phi) is 3.56. The molecule has 1 aromatic carbocycles. The number of likely N-dealkylation sites (N-methyl/N-ethyl adjacent to an activating group) is 1. The third-order valence-corrected chi connectivity index (χ3v) is 6.23. The molecule has 2 fully saturated rings. The van der Waals surface area contributed by atoms with E-state index in [9.17, 15) is 0 Å². The van der Waals surface area contributed by atoms with E-state index in [1.165, 1.54) is 37.8 Å². The fraction of sp³-hybridized carbons (Fsp3) is 0.409. The Morgan fingerprint density at radius 2 is 2.04 bits per heavy atom. The summed E-state index contributed by atoms with van der Waals surface area (Å²) >= 11 is 0. The molecular weight excluding hydrogens is 350 g/mol. The average molecular weight is 373 g/mol. The lowest BCUT2D eigenvalue weighted by molar-refractivity contribution is 0.214. The molecule has 1 atom stereocenters. The van der Waals surface area contributed by atoms with Gasteiger partial charge in [-0.15, -0.1) is 10.2 Å². The smallest absolute Gasteiger partial charge is 0.183 e. The zero-order valence-electron chi connectivity index (χ0n) is 16.0. The highest BCUT2D eigenvalue weighted by Gasteiger charge is 2.32. The van der Waals surface area contributed by atoms with Crippen LogP contribution < -0.4 is 0 Å². The van der Waals surface area contributed by atoms with Gasteiger partial charge in [-0.1, -0.05) is 0 Å². The summed E-state index contributed by atoms with van der Waals surface area (Å²) in [5.74, 6) is 0.547. The summed E-state index contributed by atoms with van der Waals surface area (Å²) in [6, 6.07) is 8.67. The van der Waals surface area contributed by atoms with Crippen molar-refractivity contribution in [1.82, 2.24) is 24.6 Å². The SMILES string of the molecule is CN1CCC[C@@H](n2cnc3c(C4CC4)c(-c4ccc5occc5c4)nnc32)C1. The normalized spacial score (nSPS) is 21.0. The molecule has 142 valence electrons. The molecule has 6 nitrogen and oxygen atoms in total. The zero-order chi connectivity index (χ0) is 18.7. The van der Waals surface area contributed by atoms with Crippen molar-refractivity contribution >= 4 is 22.1 Å². The predicted octanol–water partition coefficient (Wildman–Crippen LogP) is 4.38. The number of likely N-dealkylation sites (tertiary alicyclic amines) is 1. The molecule has 6 rings (SSSR count). The third-order valence-electron chi connectivity index (χ3n) is 6.23. The highest BCUT2D eigenvalue weighted by molar-refractivity contribution is 5.87. The highest BCUT2D eigenvalue weighted by Crippen LogP contribution is 2.46. The number of hydrogen-bond donors (Lipinski definition) is 0. The van der Waals surface area contributed by atoms with Crippen LogP contribution in [0, 0.1) is 0 Å². The van der Waals surface area contributed by atoms with Gasteiger partial charge in [-0.3, -0.25) is 0 Å². The monoisotopic (exact) mass is 373 g/mol. The fourth-order valence-electron chi connectivity index (χ4n) is 4.63. The van der Waals surface area contributed by atoms with Crippen molar-refractivity contribution in [3.63, 3.8) is 0 Å². The van der Waals surface area contributed by atoms with Gasteiger partial charge in [0.25, 0.3) is 0 Å². The summed E-state index contributed by atoms with van der Waals surface area (Å²) in [7, 11) is 2.19. The van der Waals surface area contributed by atoms with Gasteiger partial charge in [-0.05, 0) is 69.5 Å². The minimum Gasteiger partial charge on any atom is -0.464 e. The highest BCUT2D eigenvalue weighted by atomic mass is 16.3. The summed E-state index contributed by atoms with van der Waals surface area (Å²) in [6.45, 7) is 2.22. The third kappa shape index (κ3) is 2.55. The molecule has 0 unspecified atom stereocenters.